The van der Waals surface area contributed by atoms with E-state index in [-0.39, 0.29) is 29.9 Å². The Labute approximate surface area is 200 Å². The number of carbonyl (C=O) groups is 1. The van der Waals surface area contributed by atoms with Crippen LogP contribution in [-0.4, -0.2) is 69.0 Å². The number of rotatable bonds is 4. The average Bonchev–Trinajstić information content (AvgIpc) is 2.75. The largest absolute Gasteiger partial charge is 0.367 e. The van der Waals surface area contributed by atoms with Crippen LogP contribution in [0.4, 0.5) is 5.69 Å². The fraction of sp³-hybridized carbons (Fsp3) is 0.364. The number of para-hydroxylation sites is 1. The number of amides is 1. The number of nitrogens with zero attached hydrogens (tertiary/aromatic N) is 4. The van der Waals surface area contributed by atoms with Gasteiger partial charge in [0.05, 0.1) is 10.7 Å². The van der Waals surface area contributed by atoms with Gasteiger partial charge >= 0.3 is 0 Å². The summed E-state index contributed by atoms with van der Waals surface area (Å²) in [4.78, 5) is 22.6. The van der Waals surface area contributed by atoms with Gasteiger partial charge in [0.1, 0.15) is 0 Å². The topological polar surface area (TPSA) is 51.2 Å². The van der Waals surface area contributed by atoms with Crippen molar-refractivity contribution in [3.05, 3.63) is 64.7 Å². The zero-order valence-electron chi connectivity index (χ0n) is 17.6. The Morgan fingerprint density at radius 1 is 1.07 bits per heavy atom. The van der Waals surface area contributed by atoms with E-state index in [0.717, 1.165) is 48.4 Å². The van der Waals surface area contributed by atoms with E-state index in [0.29, 0.717) is 12.1 Å². The molecule has 3 rings (SSSR count). The van der Waals surface area contributed by atoms with Crippen LogP contribution in [0.5, 0.6) is 0 Å². The number of halogens is 2. The van der Waals surface area contributed by atoms with E-state index in [1.54, 1.807) is 19.0 Å². The second-order valence-corrected chi connectivity index (χ2v) is 7.63. The fourth-order valence-electron chi connectivity index (χ4n) is 3.40. The van der Waals surface area contributed by atoms with Crippen LogP contribution in [0.1, 0.15) is 15.9 Å². The molecular weight excluding hydrogens is 513 g/mol. The zero-order valence-corrected chi connectivity index (χ0v) is 20.7. The van der Waals surface area contributed by atoms with Crippen molar-refractivity contribution in [1.29, 1.82) is 0 Å². The number of anilines is 1. The van der Waals surface area contributed by atoms with Crippen molar-refractivity contribution >= 4 is 53.1 Å². The molecule has 1 saturated heterocycles. The van der Waals surface area contributed by atoms with E-state index >= 15 is 0 Å². The molecule has 0 unspecified atom stereocenters. The van der Waals surface area contributed by atoms with Crippen LogP contribution in [0.3, 0.4) is 0 Å². The molecule has 0 radical (unpaired) electrons. The number of piperazine rings is 1. The van der Waals surface area contributed by atoms with Gasteiger partial charge in [-0.1, -0.05) is 35.9 Å². The van der Waals surface area contributed by atoms with Gasteiger partial charge in [0, 0.05) is 59.4 Å². The molecule has 1 N–H and O–H groups in total. The minimum atomic E-state index is 0. The normalized spacial score (nSPS) is 14.2. The molecule has 1 aliphatic heterocycles. The number of hydrogen-bond donors (Lipinski definition) is 1. The van der Waals surface area contributed by atoms with Gasteiger partial charge in [-0.3, -0.25) is 9.79 Å². The highest BCUT2D eigenvalue weighted by molar-refractivity contribution is 14.0. The highest BCUT2D eigenvalue weighted by Crippen LogP contribution is 2.26. The first-order valence-electron chi connectivity index (χ1n) is 9.75. The molecule has 1 aliphatic rings. The average molecular weight is 542 g/mol. The van der Waals surface area contributed by atoms with Crippen molar-refractivity contribution in [2.75, 3.05) is 52.2 Å². The molecule has 6 nitrogen and oxygen atoms in total. The lowest BCUT2D eigenvalue weighted by atomic mass is 10.1. The Hall–Kier alpha value is -2.00. The molecule has 1 amide bonds. The summed E-state index contributed by atoms with van der Waals surface area (Å²) >= 11 is 6.33. The van der Waals surface area contributed by atoms with Crippen molar-refractivity contribution in [1.82, 2.24) is 15.1 Å². The first kappa shape index (κ1) is 24.3. The fourth-order valence-corrected chi connectivity index (χ4v) is 3.66. The van der Waals surface area contributed by atoms with Crippen molar-refractivity contribution < 1.29 is 4.79 Å². The van der Waals surface area contributed by atoms with Gasteiger partial charge in [-0.2, -0.15) is 0 Å². The van der Waals surface area contributed by atoms with E-state index in [9.17, 15) is 4.79 Å². The van der Waals surface area contributed by atoms with Crippen LogP contribution in [-0.2, 0) is 6.54 Å². The van der Waals surface area contributed by atoms with Gasteiger partial charge < -0.3 is 20.0 Å². The molecular formula is C22H29ClIN5O. The second kappa shape index (κ2) is 11.4. The van der Waals surface area contributed by atoms with Crippen LogP contribution in [0, 0.1) is 0 Å². The number of guanidine groups is 1. The summed E-state index contributed by atoms with van der Waals surface area (Å²) in [5, 5.41) is 4.22. The Balaban J connectivity index is 0.00000320. The third kappa shape index (κ3) is 6.01. The van der Waals surface area contributed by atoms with Gasteiger partial charge in [-0.15, -0.1) is 24.0 Å². The third-order valence-corrected chi connectivity index (χ3v) is 5.36. The first-order chi connectivity index (χ1) is 14.0. The quantitative estimate of drug-likeness (QED) is 0.365. The minimum Gasteiger partial charge on any atom is -0.367 e. The van der Waals surface area contributed by atoms with Crippen LogP contribution in [0.2, 0.25) is 5.02 Å². The highest BCUT2D eigenvalue weighted by Gasteiger charge is 2.21. The second-order valence-electron chi connectivity index (χ2n) is 7.22. The smallest absolute Gasteiger partial charge is 0.253 e. The van der Waals surface area contributed by atoms with E-state index in [2.05, 4.69) is 26.2 Å². The maximum absolute atomic E-state index is 12.0. The summed E-state index contributed by atoms with van der Waals surface area (Å²) in [6.07, 6.45) is 0. The van der Waals surface area contributed by atoms with E-state index in [1.165, 1.54) is 0 Å². The lowest BCUT2D eigenvalue weighted by Crippen LogP contribution is -2.52. The molecule has 2 aromatic carbocycles. The third-order valence-electron chi connectivity index (χ3n) is 5.04. The Bertz CT molecular complexity index is 864. The summed E-state index contributed by atoms with van der Waals surface area (Å²) in [6.45, 7) is 4.20. The highest BCUT2D eigenvalue weighted by atomic mass is 127. The van der Waals surface area contributed by atoms with Crippen molar-refractivity contribution in [2.45, 2.75) is 6.54 Å². The maximum Gasteiger partial charge on any atom is 0.253 e. The summed E-state index contributed by atoms with van der Waals surface area (Å²) < 4.78 is 0. The molecule has 0 spiro atoms. The van der Waals surface area contributed by atoms with Crippen LogP contribution < -0.4 is 10.2 Å². The predicted octanol–water partition coefficient (Wildman–Crippen LogP) is 3.56. The van der Waals surface area contributed by atoms with Crippen molar-refractivity contribution in [3.63, 3.8) is 0 Å². The molecule has 1 fully saturated rings. The summed E-state index contributed by atoms with van der Waals surface area (Å²) in [6, 6.07) is 15.7. The van der Waals surface area contributed by atoms with Gasteiger partial charge in [0.2, 0.25) is 0 Å². The number of carbonyl (C=O) groups excluding carboxylic acids is 1. The molecule has 2 aromatic rings. The Morgan fingerprint density at radius 3 is 2.27 bits per heavy atom. The lowest BCUT2D eigenvalue weighted by molar-refractivity contribution is 0.0827. The molecule has 0 bridgehead atoms. The Kier molecular flexibility index (Phi) is 9.23. The maximum atomic E-state index is 12.0. The van der Waals surface area contributed by atoms with Crippen LogP contribution in [0.15, 0.2) is 53.5 Å². The summed E-state index contributed by atoms with van der Waals surface area (Å²) in [5.74, 6) is 0.897. The van der Waals surface area contributed by atoms with Gasteiger partial charge in [0.25, 0.3) is 5.91 Å². The minimum absolute atomic E-state index is 0. The standard InChI is InChI=1S/C22H28ClN5O.HI/c1-24-22(25-16-17-8-10-18(11-9-17)21(29)26(2)3)28-14-12-27(13-15-28)20-7-5-4-6-19(20)23;/h4-11H,12-16H2,1-3H3,(H,24,25);1H. The molecule has 0 aromatic heterocycles. The summed E-state index contributed by atoms with van der Waals surface area (Å²) in [7, 11) is 5.32. The van der Waals surface area contributed by atoms with Crippen molar-refractivity contribution in [3.8, 4) is 0 Å². The van der Waals surface area contributed by atoms with Gasteiger partial charge in [-0.25, -0.2) is 0 Å². The van der Waals surface area contributed by atoms with Gasteiger partial charge in [-0.05, 0) is 29.8 Å². The van der Waals surface area contributed by atoms with Crippen LogP contribution >= 0.6 is 35.6 Å². The Morgan fingerprint density at radius 2 is 1.70 bits per heavy atom. The lowest BCUT2D eigenvalue weighted by Gasteiger charge is -2.38. The van der Waals surface area contributed by atoms with Crippen molar-refractivity contribution in [2.24, 2.45) is 4.99 Å². The molecule has 1 heterocycles. The SMILES string of the molecule is CN=C(NCc1ccc(C(=O)N(C)C)cc1)N1CCN(c2ccccc2Cl)CC1.I. The van der Waals surface area contributed by atoms with E-state index in [1.807, 2.05) is 49.5 Å². The number of aliphatic imine (C=N–C) groups is 1. The molecule has 0 saturated carbocycles. The number of nitrogens with one attached hydrogen (secondary N) is 1. The first-order valence-corrected chi connectivity index (χ1v) is 10.1. The van der Waals surface area contributed by atoms with Gasteiger partial charge in [0.15, 0.2) is 5.96 Å². The zero-order chi connectivity index (χ0) is 20.8. The molecule has 8 heteroatoms. The summed E-state index contributed by atoms with van der Waals surface area (Å²) in [5.41, 5.74) is 2.89. The molecule has 30 heavy (non-hydrogen) atoms. The van der Waals surface area contributed by atoms with E-state index in [4.69, 9.17) is 11.6 Å². The predicted molar refractivity (Wildman–Crippen MR) is 135 cm³/mol. The molecule has 162 valence electrons. The van der Waals surface area contributed by atoms with Crippen LogP contribution in [0.25, 0.3) is 0 Å². The number of benzene rings is 2. The molecule has 0 aliphatic carbocycles. The monoisotopic (exact) mass is 541 g/mol. The van der Waals surface area contributed by atoms with E-state index < -0.39 is 0 Å². The molecule has 0 atom stereocenters. The number of hydrogen-bond acceptors (Lipinski definition) is 3.